The summed E-state index contributed by atoms with van der Waals surface area (Å²) in [6, 6.07) is 5.75. The van der Waals surface area contributed by atoms with Crippen LogP contribution in [-0.4, -0.2) is 42.0 Å². The lowest BCUT2D eigenvalue weighted by molar-refractivity contribution is -0.402. The van der Waals surface area contributed by atoms with Gasteiger partial charge in [0.2, 0.25) is 5.91 Å². The third-order valence-electron chi connectivity index (χ3n) is 3.96. The fourth-order valence-electron chi connectivity index (χ4n) is 2.60. The highest BCUT2D eigenvalue weighted by Gasteiger charge is 2.32. The number of nitrogens with zero attached hydrogens (tertiary/aromatic N) is 2. The molecule has 29 heavy (non-hydrogen) atoms. The molecule has 12 heteroatoms. The Hall–Kier alpha value is -3.96. The van der Waals surface area contributed by atoms with Crippen molar-refractivity contribution in [1.82, 2.24) is 5.32 Å². The molecule has 1 saturated heterocycles. The maximum Gasteiger partial charge on any atom is 0.433 e. The topological polar surface area (TPSA) is 144 Å². The van der Waals surface area contributed by atoms with Crippen LogP contribution in [0.3, 0.4) is 0 Å². The predicted octanol–water partition coefficient (Wildman–Crippen LogP) is 2.04. The third-order valence-corrected chi connectivity index (χ3v) is 3.96. The molecule has 1 aromatic carbocycles. The Kier molecular flexibility index (Phi) is 5.43. The van der Waals surface area contributed by atoms with E-state index in [-0.39, 0.29) is 36.1 Å². The lowest BCUT2D eigenvalue weighted by Gasteiger charge is -2.14. The van der Waals surface area contributed by atoms with Gasteiger partial charge in [-0.25, -0.2) is 9.18 Å². The van der Waals surface area contributed by atoms with Gasteiger partial charge in [0.25, 0.3) is 5.91 Å². The molecule has 0 bridgehead atoms. The zero-order valence-corrected chi connectivity index (χ0v) is 15.0. The van der Waals surface area contributed by atoms with E-state index in [0.29, 0.717) is 0 Å². The minimum atomic E-state index is -0.874. The first-order valence-electron chi connectivity index (χ1n) is 8.32. The van der Waals surface area contributed by atoms with Crippen LogP contribution in [0.25, 0.3) is 0 Å². The number of furan rings is 1. The first-order valence-corrected chi connectivity index (χ1v) is 8.32. The molecule has 1 fully saturated rings. The molecule has 0 saturated carbocycles. The zero-order valence-electron chi connectivity index (χ0n) is 15.0. The van der Waals surface area contributed by atoms with Crippen LogP contribution < -0.4 is 15.5 Å². The quantitative estimate of drug-likeness (QED) is 0.552. The van der Waals surface area contributed by atoms with Crippen molar-refractivity contribution in [3.63, 3.8) is 0 Å². The van der Waals surface area contributed by atoms with Crippen molar-refractivity contribution in [2.75, 3.05) is 23.3 Å². The lowest BCUT2D eigenvalue weighted by Crippen LogP contribution is -2.33. The van der Waals surface area contributed by atoms with Crippen molar-refractivity contribution in [3.05, 3.63) is 52.0 Å². The van der Waals surface area contributed by atoms with Crippen LogP contribution in [-0.2, 0) is 9.53 Å². The van der Waals surface area contributed by atoms with Crippen molar-refractivity contribution >= 4 is 35.2 Å². The second kappa shape index (κ2) is 7.96. The minimum Gasteiger partial charge on any atom is -0.442 e. The number of halogens is 1. The van der Waals surface area contributed by atoms with Crippen LogP contribution in [0.15, 0.2) is 34.7 Å². The summed E-state index contributed by atoms with van der Waals surface area (Å²) in [7, 11) is 0. The molecule has 1 aliphatic heterocycles. The number of hydrogen-bond donors (Lipinski definition) is 2. The van der Waals surface area contributed by atoms with Crippen molar-refractivity contribution in [2.24, 2.45) is 0 Å². The Labute approximate surface area is 162 Å². The molecule has 1 atom stereocenters. The van der Waals surface area contributed by atoms with E-state index in [1.165, 1.54) is 24.0 Å². The summed E-state index contributed by atoms with van der Waals surface area (Å²) in [5.41, 5.74) is -0.00961. The summed E-state index contributed by atoms with van der Waals surface area (Å²) in [6.07, 6.45) is -1.27. The van der Waals surface area contributed by atoms with Crippen molar-refractivity contribution in [1.29, 1.82) is 0 Å². The highest BCUT2D eigenvalue weighted by molar-refractivity contribution is 6.02. The summed E-state index contributed by atoms with van der Waals surface area (Å²) in [6.45, 7) is 1.57. The van der Waals surface area contributed by atoms with Crippen molar-refractivity contribution in [3.8, 4) is 0 Å². The van der Waals surface area contributed by atoms with Crippen LogP contribution in [0, 0.1) is 15.9 Å². The number of ether oxygens (including phenoxy) is 1. The molecule has 3 amide bonds. The molecular weight excluding hydrogens is 391 g/mol. The molecule has 0 unspecified atom stereocenters. The van der Waals surface area contributed by atoms with Crippen molar-refractivity contribution < 1.29 is 32.9 Å². The molecule has 2 heterocycles. The third kappa shape index (κ3) is 4.48. The van der Waals surface area contributed by atoms with Crippen LogP contribution >= 0.6 is 0 Å². The van der Waals surface area contributed by atoms with E-state index in [1.807, 2.05) is 0 Å². The Balaban J connectivity index is 1.68. The molecule has 1 aromatic heterocycles. The van der Waals surface area contributed by atoms with Gasteiger partial charge in [0.05, 0.1) is 30.5 Å². The average molecular weight is 406 g/mol. The van der Waals surface area contributed by atoms with Gasteiger partial charge in [-0.2, -0.15) is 0 Å². The Morgan fingerprint density at radius 1 is 1.34 bits per heavy atom. The summed E-state index contributed by atoms with van der Waals surface area (Å²) < 4.78 is 24.3. The maximum atomic E-state index is 14.4. The van der Waals surface area contributed by atoms with Gasteiger partial charge in [0.1, 0.15) is 16.8 Å². The van der Waals surface area contributed by atoms with Gasteiger partial charge < -0.3 is 19.8 Å². The normalized spacial score (nSPS) is 15.7. The molecule has 3 rings (SSSR count). The summed E-state index contributed by atoms with van der Waals surface area (Å²) >= 11 is 0. The Morgan fingerprint density at radius 2 is 2.10 bits per heavy atom. The molecule has 2 N–H and O–H groups in total. The van der Waals surface area contributed by atoms with Crippen LogP contribution in [0.4, 0.5) is 26.4 Å². The average Bonchev–Trinajstić information content (AvgIpc) is 3.29. The number of carbonyl (C=O) groups is 3. The predicted molar refractivity (Wildman–Crippen MR) is 96.0 cm³/mol. The smallest absolute Gasteiger partial charge is 0.433 e. The molecular formula is C17H15FN4O7. The number of nitro groups is 1. The maximum absolute atomic E-state index is 14.4. The minimum absolute atomic E-state index is 0.111. The van der Waals surface area contributed by atoms with Gasteiger partial charge in [-0.3, -0.25) is 24.6 Å². The molecule has 0 radical (unpaired) electrons. The number of cyclic esters (lactones) is 1. The van der Waals surface area contributed by atoms with Crippen molar-refractivity contribution in [2.45, 2.75) is 13.0 Å². The molecule has 0 aliphatic carbocycles. The number of amides is 3. The van der Waals surface area contributed by atoms with Gasteiger partial charge in [0, 0.05) is 6.92 Å². The molecule has 2 aromatic rings. The number of hydrogen-bond acceptors (Lipinski definition) is 7. The SMILES string of the molecule is CC(=O)NC[C@H]1CN(c2ccc(NC(=O)c3ccc([N+](=O)[O-])o3)c(F)c2)C(=O)O1. The van der Waals surface area contributed by atoms with E-state index in [4.69, 9.17) is 9.15 Å². The molecule has 1 aliphatic rings. The van der Waals surface area contributed by atoms with E-state index < -0.39 is 34.7 Å². The number of rotatable bonds is 6. The van der Waals surface area contributed by atoms with Gasteiger partial charge in [-0.1, -0.05) is 0 Å². The highest BCUT2D eigenvalue weighted by atomic mass is 19.1. The largest absolute Gasteiger partial charge is 0.442 e. The molecule has 11 nitrogen and oxygen atoms in total. The van der Waals surface area contributed by atoms with E-state index in [2.05, 4.69) is 10.6 Å². The number of benzene rings is 1. The van der Waals surface area contributed by atoms with E-state index in [0.717, 1.165) is 18.2 Å². The fraction of sp³-hybridized carbons (Fsp3) is 0.235. The van der Waals surface area contributed by atoms with Gasteiger partial charge >= 0.3 is 12.0 Å². The lowest BCUT2D eigenvalue weighted by atomic mass is 10.2. The first-order chi connectivity index (χ1) is 13.7. The first kappa shape index (κ1) is 19.8. The van der Waals surface area contributed by atoms with Gasteiger partial charge in [0.15, 0.2) is 5.76 Å². The Bertz CT molecular complexity index is 990. The zero-order chi connectivity index (χ0) is 21.1. The van der Waals surface area contributed by atoms with E-state index in [1.54, 1.807) is 0 Å². The molecule has 0 spiro atoms. The van der Waals surface area contributed by atoms with Crippen LogP contribution in [0.5, 0.6) is 0 Å². The highest BCUT2D eigenvalue weighted by Crippen LogP contribution is 2.26. The summed E-state index contributed by atoms with van der Waals surface area (Å²) in [5.74, 6) is -2.96. The fourth-order valence-corrected chi connectivity index (χ4v) is 2.60. The van der Waals surface area contributed by atoms with E-state index in [9.17, 15) is 28.9 Å². The summed E-state index contributed by atoms with van der Waals surface area (Å²) in [5, 5.41) is 15.4. The molecule has 152 valence electrons. The number of anilines is 2. The second-order valence-electron chi connectivity index (χ2n) is 6.07. The Morgan fingerprint density at radius 3 is 2.72 bits per heavy atom. The monoisotopic (exact) mass is 406 g/mol. The summed E-state index contributed by atoms with van der Waals surface area (Å²) in [4.78, 5) is 46.0. The standard InChI is InChI=1S/C17H15FN4O7/c1-9(23)19-7-11-8-21(17(25)28-11)10-2-3-13(12(18)6-10)20-16(24)14-4-5-15(29-14)22(26)27/h2-6,11H,7-8H2,1H3,(H,19,23)(H,20,24)/t11-/m0/s1. The van der Waals surface area contributed by atoms with Gasteiger partial charge in [-0.05, 0) is 24.3 Å². The van der Waals surface area contributed by atoms with E-state index >= 15 is 0 Å². The number of carbonyl (C=O) groups excluding carboxylic acids is 3. The van der Waals surface area contributed by atoms with Gasteiger partial charge in [-0.15, -0.1) is 0 Å². The number of nitrogens with one attached hydrogen (secondary N) is 2. The van der Waals surface area contributed by atoms with Crippen LogP contribution in [0.1, 0.15) is 17.5 Å². The second-order valence-corrected chi connectivity index (χ2v) is 6.07. The van der Waals surface area contributed by atoms with Crippen LogP contribution in [0.2, 0.25) is 0 Å².